The Balaban J connectivity index is 2.39. The van der Waals surface area contributed by atoms with Crippen LogP contribution in [0.2, 0.25) is 0 Å². The van der Waals surface area contributed by atoms with Crippen molar-refractivity contribution in [1.29, 1.82) is 0 Å². The second-order valence-electron chi connectivity index (χ2n) is 6.38. The minimum absolute atomic E-state index is 0.00268. The molecule has 3 nitrogen and oxygen atoms in total. The molecule has 0 heterocycles. The Morgan fingerprint density at radius 3 is 2.36 bits per heavy atom. The van der Waals surface area contributed by atoms with Crippen LogP contribution in [0.4, 0.5) is 0 Å². The minimum Gasteiger partial charge on any atom is -0.399 e. The van der Waals surface area contributed by atoms with Gasteiger partial charge in [-0.15, -0.1) is 0 Å². The zero-order chi connectivity index (χ0) is 16.4. The molecule has 2 atom stereocenters. The van der Waals surface area contributed by atoms with Crippen LogP contribution in [0.3, 0.4) is 0 Å². The van der Waals surface area contributed by atoms with E-state index >= 15 is 0 Å². The summed E-state index contributed by atoms with van der Waals surface area (Å²) in [7, 11) is 1.55. The maximum Gasteiger partial charge on any atom is 0.166 e. The normalized spacial score (nSPS) is 22.0. The highest BCUT2D eigenvalue weighted by molar-refractivity contribution is 6.24. The summed E-state index contributed by atoms with van der Waals surface area (Å²) >= 11 is 0. The van der Waals surface area contributed by atoms with Gasteiger partial charge in [-0.05, 0) is 56.7 Å². The van der Waals surface area contributed by atoms with Crippen molar-refractivity contribution in [2.24, 2.45) is 17.0 Å². The molecule has 1 aliphatic carbocycles. The number of Topliss-reactive ketones (excluding diaryl/α,β-unsaturated/α-hetero) is 1. The van der Waals surface area contributed by atoms with Gasteiger partial charge in [0, 0.05) is 11.5 Å². The average Bonchev–Trinajstić information content (AvgIpc) is 2.67. The van der Waals surface area contributed by atoms with Crippen LogP contribution in [0.5, 0.6) is 0 Å². The first-order chi connectivity index (χ1) is 10.3. The van der Waals surface area contributed by atoms with Crippen molar-refractivity contribution >= 4 is 17.1 Å². The first-order valence-electron chi connectivity index (χ1n) is 7.76. The molecule has 0 saturated heterocycles. The summed E-state index contributed by atoms with van der Waals surface area (Å²) in [6.45, 7) is 10.2. The second kappa shape index (κ2) is 6.47. The highest BCUT2D eigenvalue weighted by Crippen LogP contribution is 2.37. The number of oxime groups is 1. The van der Waals surface area contributed by atoms with Gasteiger partial charge < -0.3 is 4.84 Å². The van der Waals surface area contributed by atoms with Crippen LogP contribution in [0, 0.1) is 32.6 Å². The topological polar surface area (TPSA) is 38.7 Å². The van der Waals surface area contributed by atoms with Crippen molar-refractivity contribution in [1.82, 2.24) is 0 Å². The van der Waals surface area contributed by atoms with Gasteiger partial charge in [0.2, 0.25) is 0 Å². The van der Waals surface area contributed by atoms with Gasteiger partial charge in [-0.2, -0.15) is 0 Å². The van der Waals surface area contributed by atoms with Crippen molar-refractivity contribution in [3.8, 4) is 0 Å². The molecule has 2 unspecified atom stereocenters. The number of nitrogens with zero attached hydrogens (tertiary/aromatic N) is 1. The fourth-order valence-corrected chi connectivity index (χ4v) is 3.46. The van der Waals surface area contributed by atoms with Gasteiger partial charge in [0.15, 0.2) is 5.78 Å². The number of carbonyl (C=O) groups excluding carboxylic acids is 1. The van der Waals surface area contributed by atoms with E-state index in [9.17, 15) is 4.79 Å². The lowest BCUT2D eigenvalue weighted by Gasteiger charge is -2.13. The smallest absolute Gasteiger partial charge is 0.166 e. The number of benzene rings is 1. The van der Waals surface area contributed by atoms with E-state index in [0.29, 0.717) is 0 Å². The van der Waals surface area contributed by atoms with E-state index in [0.717, 1.165) is 23.3 Å². The third-order valence-electron chi connectivity index (χ3n) is 4.43. The first-order valence-corrected chi connectivity index (χ1v) is 7.76. The number of hydrogen-bond acceptors (Lipinski definition) is 3. The fourth-order valence-electron chi connectivity index (χ4n) is 3.46. The Labute approximate surface area is 133 Å². The number of allylic oxidation sites excluding steroid dienone is 2. The molecule has 1 aromatic carbocycles. The van der Waals surface area contributed by atoms with Crippen LogP contribution < -0.4 is 0 Å². The molecule has 1 aliphatic rings. The zero-order valence-electron chi connectivity index (χ0n) is 14.4. The minimum atomic E-state index is -0.00268. The Morgan fingerprint density at radius 1 is 1.23 bits per heavy atom. The summed E-state index contributed by atoms with van der Waals surface area (Å²) in [5, 5.41) is 3.97. The predicted octanol–water partition coefficient (Wildman–Crippen LogP) is 4.24. The second-order valence-corrected chi connectivity index (χ2v) is 6.38. The molecule has 0 aromatic heterocycles. The SMILES string of the molecule is CON=C(C)CC1C=C(c2c(C)cc(C)cc2C)C(=O)C1C. The summed E-state index contributed by atoms with van der Waals surface area (Å²) < 4.78 is 0. The number of rotatable bonds is 4. The van der Waals surface area contributed by atoms with Crippen LogP contribution in [0.25, 0.3) is 5.57 Å². The van der Waals surface area contributed by atoms with E-state index < -0.39 is 0 Å². The Morgan fingerprint density at radius 2 is 1.82 bits per heavy atom. The lowest BCUT2D eigenvalue weighted by atomic mass is 9.90. The molecule has 0 fully saturated rings. The Kier molecular flexibility index (Phi) is 4.84. The standard InChI is InChI=1S/C19H25NO2/c1-11-7-12(2)18(13(3)8-11)17-10-16(15(5)19(17)21)9-14(4)20-22-6/h7-8,10,15-16H,9H2,1-6H3. The van der Waals surface area contributed by atoms with Gasteiger partial charge in [-0.25, -0.2) is 0 Å². The molecule has 118 valence electrons. The van der Waals surface area contributed by atoms with E-state index in [1.165, 1.54) is 16.7 Å². The third kappa shape index (κ3) is 3.13. The van der Waals surface area contributed by atoms with Gasteiger partial charge in [-0.1, -0.05) is 35.9 Å². The Bertz CT molecular complexity index is 632. The maximum atomic E-state index is 12.7. The summed E-state index contributed by atoms with van der Waals surface area (Å²) in [5.41, 5.74) is 6.47. The third-order valence-corrected chi connectivity index (χ3v) is 4.43. The van der Waals surface area contributed by atoms with Crippen molar-refractivity contribution < 1.29 is 9.63 Å². The summed E-state index contributed by atoms with van der Waals surface area (Å²) in [4.78, 5) is 17.5. The maximum absolute atomic E-state index is 12.7. The van der Waals surface area contributed by atoms with Crippen molar-refractivity contribution in [2.45, 2.75) is 41.0 Å². The average molecular weight is 299 g/mol. The molecular weight excluding hydrogens is 274 g/mol. The van der Waals surface area contributed by atoms with Crippen molar-refractivity contribution in [2.75, 3.05) is 7.11 Å². The summed E-state index contributed by atoms with van der Waals surface area (Å²) in [6, 6.07) is 4.29. The van der Waals surface area contributed by atoms with Gasteiger partial charge in [0.25, 0.3) is 0 Å². The van der Waals surface area contributed by atoms with Crippen molar-refractivity contribution in [3.05, 3.63) is 40.5 Å². The number of hydrogen-bond donors (Lipinski definition) is 0. The van der Waals surface area contributed by atoms with E-state index in [-0.39, 0.29) is 17.6 Å². The highest BCUT2D eigenvalue weighted by Gasteiger charge is 2.34. The lowest BCUT2D eigenvalue weighted by Crippen LogP contribution is -2.15. The monoisotopic (exact) mass is 299 g/mol. The Hall–Kier alpha value is -1.90. The van der Waals surface area contributed by atoms with Gasteiger partial charge >= 0.3 is 0 Å². The number of aryl methyl sites for hydroxylation is 3. The molecule has 0 N–H and O–H groups in total. The van der Waals surface area contributed by atoms with Crippen LogP contribution in [0.1, 0.15) is 42.5 Å². The van der Waals surface area contributed by atoms with Crippen LogP contribution >= 0.6 is 0 Å². The molecule has 0 radical (unpaired) electrons. The number of ketones is 1. The first kappa shape index (κ1) is 16.5. The van der Waals surface area contributed by atoms with Gasteiger partial charge in [0.1, 0.15) is 7.11 Å². The fraction of sp³-hybridized carbons (Fsp3) is 0.474. The van der Waals surface area contributed by atoms with E-state index in [4.69, 9.17) is 4.84 Å². The summed E-state index contributed by atoms with van der Waals surface area (Å²) in [5.74, 6) is 0.434. The molecule has 2 rings (SSSR count). The van der Waals surface area contributed by atoms with Gasteiger partial charge in [0.05, 0.1) is 5.71 Å². The van der Waals surface area contributed by atoms with Crippen LogP contribution in [-0.2, 0) is 9.63 Å². The van der Waals surface area contributed by atoms with E-state index in [1.807, 2.05) is 13.8 Å². The molecule has 22 heavy (non-hydrogen) atoms. The van der Waals surface area contributed by atoms with Gasteiger partial charge in [-0.3, -0.25) is 4.79 Å². The molecule has 0 bridgehead atoms. The molecule has 0 aliphatic heterocycles. The lowest BCUT2D eigenvalue weighted by molar-refractivity contribution is -0.116. The zero-order valence-corrected chi connectivity index (χ0v) is 14.4. The molecule has 0 amide bonds. The quantitative estimate of drug-likeness (QED) is 0.616. The van der Waals surface area contributed by atoms with E-state index in [2.05, 4.69) is 44.1 Å². The summed E-state index contributed by atoms with van der Waals surface area (Å²) in [6.07, 6.45) is 2.89. The largest absolute Gasteiger partial charge is 0.399 e. The number of carbonyl (C=O) groups is 1. The molecule has 1 aromatic rings. The van der Waals surface area contributed by atoms with E-state index in [1.54, 1.807) is 7.11 Å². The van der Waals surface area contributed by atoms with Crippen LogP contribution in [0.15, 0.2) is 23.4 Å². The molecule has 0 spiro atoms. The molecular formula is C19H25NO2. The highest BCUT2D eigenvalue weighted by atomic mass is 16.6. The molecule has 3 heteroatoms. The predicted molar refractivity (Wildman–Crippen MR) is 91.0 cm³/mol. The van der Waals surface area contributed by atoms with Crippen molar-refractivity contribution in [3.63, 3.8) is 0 Å². The van der Waals surface area contributed by atoms with Crippen LogP contribution in [-0.4, -0.2) is 18.6 Å². The molecule has 0 saturated carbocycles.